The fourth-order valence-electron chi connectivity index (χ4n) is 5.78. The van der Waals surface area contributed by atoms with Crippen LogP contribution < -0.4 is 10.1 Å². The molecule has 5 nitrogen and oxygen atoms in total. The van der Waals surface area contributed by atoms with Gasteiger partial charge in [0.15, 0.2) is 0 Å². The molecule has 1 N–H and O–H groups in total. The van der Waals surface area contributed by atoms with Crippen molar-refractivity contribution in [3.05, 3.63) is 138 Å². The number of esters is 1. The van der Waals surface area contributed by atoms with E-state index in [9.17, 15) is 4.79 Å². The van der Waals surface area contributed by atoms with E-state index in [0.717, 1.165) is 24.6 Å². The maximum absolute atomic E-state index is 11.8. The summed E-state index contributed by atoms with van der Waals surface area (Å²) in [7, 11) is 0. The Bertz CT molecular complexity index is 1330. The number of nitrogens with zero attached hydrogens (tertiary/aromatic N) is 1. The van der Waals surface area contributed by atoms with Gasteiger partial charge in [-0.3, -0.25) is 9.69 Å². The topological polar surface area (TPSA) is 50.8 Å². The van der Waals surface area contributed by atoms with Crippen LogP contribution in [0.25, 0.3) is 0 Å². The maximum atomic E-state index is 11.8. The van der Waals surface area contributed by atoms with Crippen LogP contribution >= 0.6 is 11.8 Å². The zero-order valence-electron chi connectivity index (χ0n) is 25.4. The highest BCUT2D eigenvalue weighted by molar-refractivity contribution is 8.00. The summed E-state index contributed by atoms with van der Waals surface area (Å²) in [4.78, 5) is 14.5. The first-order chi connectivity index (χ1) is 20.8. The van der Waals surface area contributed by atoms with E-state index in [1.54, 1.807) is 0 Å². The normalized spacial score (nSPS) is 15.7. The van der Waals surface area contributed by atoms with Crippen molar-refractivity contribution in [3.8, 4) is 5.75 Å². The lowest BCUT2D eigenvalue weighted by molar-refractivity contribution is -0.153. The van der Waals surface area contributed by atoms with Crippen molar-refractivity contribution < 1.29 is 14.3 Å². The SMILES string of the molecule is CC(C)(C)OC(=O)CNCCOc1ccc(CC2CN(C(c3ccccc3)(c3ccccc3)c3ccccc3)CS2)cc1. The van der Waals surface area contributed by atoms with Gasteiger partial charge in [0.05, 0.1) is 12.1 Å². The molecule has 0 radical (unpaired) electrons. The minimum atomic E-state index is -0.471. The van der Waals surface area contributed by atoms with Gasteiger partial charge < -0.3 is 14.8 Å². The van der Waals surface area contributed by atoms with Crippen LogP contribution in [0, 0.1) is 0 Å². The number of thioether (sulfide) groups is 1. The summed E-state index contributed by atoms with van der Waals surface area (Å²) < 4.78 is 11.2. The van der Waals surface area contributed by atoms with Gasteiger partial charge in [-0.2, -0.15) is 0 Å². The van der Waals surface area contributed by atoms with Gasteiger partial charge in [0, 0.05) is 24.2 Å². The van der Waals surface area contributed by atoms with E-state index < -0.39 is 5.60 Å². The number of carbonyl (C=O) groups excluding carboxylic acids is 1. The second-order valence-electron chi connectivity index (χ2n) is 11.9. The van der Waals surface area contributed by atoms with Gasteiger partial charge in [-0.15, -0.1) is 11.8 Å². The molecule has 0 spiro atoms. The second kappa shape index (κ2) is 14.3. The summed E-state index contributed by atoms with van der Waals surface area (Å²) in [6.45, 7) is 7.81. The van der Waals surface area contributed by atoms with E-state index in [0.29, 0.717) is 18.4 Å². The predicted molar refractivity (Wildman–Crippen MR) is 177 cm³/mol. The Balaban J connectivity index is 1.23. The molecule has 224 valence electrons. The summed E-state index contributed by atoms with van der Waals surface area (Å²) in [5.41, 5.74) is 4.32. The Labute approximate surface area is 260 Å². The molecular weight excluding hydrogens is 552 g/mol. The summed E-state index contributed by atoms with van der Waals surface area (Å²) in [6, 6.07) is 41.2. The van der Waals surface area contributed by atoms with Gasteiger partial charge in [0.25, 0.3) is 0 Å². The van der Waals surface area contributed by atoms with Crippen molar-refractivity contribution in [1.82, 2.24) is 10.2 Å². The third-order valence-electron chi connectivity index (χ3n) is 7.56. The number of rotatable bonds is 12. The summed E-state index contributed by atoms with van der Waals surface area (Å²) in [5.74, 6) is 1.52. The fourth-order valence-corrected chi connectivity index (χ4v) is 7.07. The lowest BCUT2D eigenvalue weighted by Crippen LogP contribution is -2.47. The van der Waals surface area contributed by atoms with E-state index in [2.05, 4.69) is 113 Å². The first kappa shape index (κ1) is 30.9. The number of carbonyl (C=O) groups is 1. The van der Waals surface area contributed by atoms with Crippen LogP contribution in [-0.4, -0.2) is 53.8 Å². The Morgan fingerprint density at radius 1 is 0.814 bits per heavy atom. The predicted octanol–water partition coefficient (Wildman–Crippen LogP) is 6.91. The molecule has 1 atom stereocenters. The van der Waals surface area contributed by atoms with E-state index in [1.165, 1.54) is 22.3 Å². The molecule has 0 aliphatic carbocycles. The Kier molecular flexibility index (Phi) is 10.2. The third-order valence-corrected chi connectivity index (χ3v) is 8.81. The molecule has 1 saturated heterocycles. The fraction of sp³-hybridized carbons (Fsp3) is 0.324. The molecule has 1 heterocycles. The Morgan fingerprint density at radius 2 is 1.35 bits per heavy atom. The van der Waals surface area contributed by atoms with Crippen LogP contribution in [0.3, 0.4) is 0 Å². The van der Waals surface area contributed by atoms with Crippen molar-refractivity contribution in [2.75, 3.05) is 32.1 Å². The summed E-state index contributed by atoms with van der Waals surface area (Å²) in [5, 5.41) is 3.55. The van der Waals surface area contributed by atoms with Gasteiger partial charge >= 0.3 is 5.97 Å². The van der Waals surface area contributed by atoms with Crippen molar-refractivity contribution in [2.45, 2.75) is 43.6 Å². The van der Waals surface area contributed by atoms with Gasteiger partial charge in [0.2, 0.25) is 0 Å². The molecule has 4 aromatic rings. The summed E-state index contributed by atoms with van der Waals surface area (Å²) >= 11 is 2.03. The molecule has 1 aliphatic rings. The smallest absolute Gasteiger partial charge is 0.320 e. The first-order valence-electron chi connectivity index (χ1n) is 15.0. The van der Waals surface area contributed by atoms with Crippen LogP contribution in [0.4, 0.5) is 0 Å². The largest absolute Gasteiger partial charge is 0.492 e. The number of ether oxygens (including phenoxy) is 2. The number of nitrogens with one attached hydrogen (secondary N) is 1. The minimum Gasteiger partial charge on any atom is -0.492 e. The molecule has 0 bridgehead atoms. The molecule has 0 amide bonds. The van der Waals surface area contributed by atoms with Crippen molar-refractivity contribution >= 4 is 17.7 Å². The van der Waals surface area contributed by atoms with Gasteiger partial charge in [0.1, 0.15) is 18.0 Å². The van der Waals surface area contributed by atoms with E-state index in [-0.39, 0.29) is 18.1 Å². The second-order valence-corrected chi connectivity index (χ2v) is 13.2. The number of hydrogen-bond acceptors (Lipinski definition) is 6. The van der Waals surface area contributed by atoms with Crippen LogP contribution in [0.2, 0.25) is 0 Å². The molecular formula is C37H42N2O3S. The third kappa shape index (κ3) is 7.88. The Morgan fingerprint density at radius 3 is 1.86 bits per heavy atom. The molecule has 5 rings (SSSR count). The average molecular weight is 595 g/mol. The van der Waals surface area contributed by atoms with E-state index in [4.69, 9.17) is 9.47 Å². The molecule has 0 saturated carbocycles. The van der Waals surface area contributed by atoms with Gasteiger partial charge in [-0.25, -0.2) is 0 Å². The molecule has 1 fully saturated rings. The highest BCUT2D eigenvalue weighted by Gasteiger charge is 2.45. The van der Waals surface area contributed by atoms with Crippen LogP contribution in [0.15, 0.2) is 115 Å². The Hall–Kier alpha value is -3.58. The monoisotopic (exact) mass is 594 g/mol. The molecule has 43 heavy (non-hydrogen) atoms. The standard InChI is InChI=1S/C37H42N2O3S/c1-36(2,3)42-35(40)26-38-23-24-41-33-21-19-29(20-22-33)25-34-27-39(28-43-34)37(30-13-7-4-8-14-30,31-15-9-5-10-16-31)32-17-11-6-12-18-32/h4-22,34,38H,23-28H2,1-3H3. The van der Waals surface area contributed by atoms with Crippen molar-refractivity contribution in [2.24, 2.45) is 0 Å². The maximum Gasteiger partial charge on any atom is 0.320 e. The summed E-state index contributed by atoms with van der Waals surface area (Å²) in [6.07, 6.45) is 0.993. The van der Waals surface area contributed by atoms with Crippen molar-refractivity contribution in [3.63, 3.8) is 0 Å². The van der Waals surface area contributed by atoms with E-state index >= 15 is 0 Å². The molecule has 1 unspecified atom stereocenters. The van der Waals surface area contributed by atoms with Crippen LogP contribution in [0.1, 0.15) is 43.0 Å². The number of hydrogen-bond donors (Lipinski definition) is 1. The lowest BCUT2D eigenvalue weighted by Gasteiger charge is -2.43. The quantitative estimate of drug-likeness (QED) is 0.109. The highest BCUT2D eigenvalue weighted by Crippen LogP contribution is 2.46. The van der Waals surface area contributed by atoms with Crippen LogP contribution in [-0.2, 0) is 21.5 Å². The highest BCUT2D eigenvalue weighted by atomic mass is 32.2. The number of benzene rings is 4. The minimum absolute atomic E-state index is 0.176. The molecule has 1 aliphatic heterocycles. The van der Waals surface area contributed by atoms with E-state index in [1.807, 2.05) is 44.7 Å². The van der Waals surface area contributed by atoms with Crippen LogP contribution in [0.5, 0.6) is 5.75 Å². The molecule has 4 aromatic carbocycles. The van der Waals surface area contributed by atoms with Crippen molar-refractivity contribution in [1.29, 1.82) is 0 Å². The van der Waals surface area contributed by atoms with Gasteiger partial charge in [-0.1, -0.05) is 103 Å². The lowest BCUT2D eigenvalue weighted by atomic mass is 9.75. The first-order valence-corrected chi connectivity index (χ1v) is 16.1. The molecule has 6 heteroatoms. The zero-order chi connectivity index (χ0) is 30.1. The zero-order valence-corrected chi connectivity index (χ0v) is 26.2. The molecule has 0 aromatic heterocycles. The van der Waals surface area contributed by atoms with Gasteiger partial charge in [-0.05, 0) is 61.6 Å². The average Bonchev–Trinajstić information content (AvgIpc) is 3.47.